The van der Waals surface area contributed by atoms with Crippen LogP contribution in [0.5, 0.6) is 0 Å². The van der Waals surface area contributed by atoms with Gasteiger partial charge in [-0.15, -0.1) is 0 Å². The summed E-state index contributed by atoms with van der Waals surface area (Å²) in [7, 11) is 0. The van der Waals surface area contributed by atoms with Crippen molar-refractivity contribution >= 4 is 11.9 Å². The summed E-state index contributed by atoms with van der Waals surface area (Å²) >= 11 is 0. The molecule has 0 bridgehead atoms. The smallest absolute Gasteiger partial charge is 0.333 e. The Hall–Kier alpha value is -1.32. The molecule has 4 nitrogen and oxygen atoms in total. The van der Waals surface area contributed by atoms with Gasteiger partial charge in [-0.2, -0.15) is 0 Å². The van der Waals surface area contributed by atoms with Crippen LogP contribution in [0.3, 0.4) is 0 Å². The molecule has 0 atom stereocenters. The molecule has 0 rings (SSSR count). The number of rotatable bonds is 19. The first-order chi connectivity index (χ1) is 13.1. The molecule has 0 aliphatic carbocycles. The maximum atomic E-state index is 11.5. The van der Waals surface area contributed by atoms with Gasteiger partial charge in [0.15, 0.2) is 0 Å². The van der Waals surface area contributed by atoms with Crippen molar-refractivity contribution in [3.63, 3.8) is 0 Å². The Morgan fingerprint density at radius 3 is 1.44 bits per heavy atom. The molecule has 0 aliphatic heterocycles. The quantitative estimate of drug-likeness (QED) is 0.151. The molecule has 158 valence electrons. The van der Waals surface area contributed by atoms with Crippen LogP contribution in [0.4, 0.5) is 0 Å². The first kappa shape index (κ1) is 25.7. The van der Waals surface area contributed by atoms with Gasteiger partial charge in [0.25, 0.3) is 0 Å². The highest BCUT2D eigenvalue weighted by molar-refractivity contribution is 5.95. The van der Waals surface area contributed by atoms with E-state index < -0.39 is 11.9 Å². The highest BCUT2D eigenvalue weighted by Crippen LogP contribution is 2.13. The molecule has 0 fully saturated rings. The lowest BCUT2D eigenvalue weighted by Gasteiger charge is -2.05. The second-order valence-corrected chi connectivity index (χ2v) is 7.60. The van der Waals surface area contributed by atoms with Crippen LogP contribution in [-0.4, -0.2) is 23.7 Å². The number of carboxylic acids is 1. The number of carboxylic acid groups (broad SMARTS) is 1. The lowest BCUT2D eigenvalue weighted by atomic mass is 10.0. The number of carbonyl (C=O) groups excluding carboxylic acids is 1. The predicted octanol–water partition coefficient (Wildman–Crippen LogP) is 6.82. The molecule has 4 heteroatoms. The van der Waals surface area contributed by atoms with E-state index in [1.165, 1.54) is 96.8 Å². The fraction of sp³-hybridized carbons (Fsp3) is 0.826. The minimum Gasteiger partial charge on any atom is -0.478 e. The van der Waals surface area contributed by atoms with Crippen LogP contribution in [0, 0.1) is 0 Å². The zero-order chi connectivity index (χ0) is 20.2. The fourth-order valence-corrected chi connectivity index (χ4v) is 3.17. The number of carbonyl (C=O) groups is 2. The van der Waals surface area contributed by atoms with Gasteiger partial charge in [-0.3, -0.25) is 0 Å². The van der Waals surface area contributed by atoms with Gasteiger partial charge in [0.05, 0.1) is 6.61 Å². The predicted molar refractivity (Wildman–Crippen MR) is 112 cm³/mol. The lowest BCUT2D eigenvalue weighted by Crippen LogP contribution is -2.08. The second kappa shape index (κ2) is 19.4. The molecule has 0 spiro atoms. The van der Waals surface area contributed by atoms with Crippen molar-refractivity contribution in [3.05, 3.63) is 11.6 Å². The monoisotopic (exact) mass is 382 g/mol. The van der Waals surface area contributed by atoms with Crippen molar-refractivity contribution in [2.24, 2.45) is 0 Å². The van der Waals surface area contributed by atoms with Crippen LogP contribution in [-0.2, 0) is 14.3 Å². The minimum absolute atomic E-state index is 0.138. The second-order valence-electron chi connectivity index (χ2n) is 7.60. The Bertz CT molecular complexity index is 401. The van der Waals surface area contributed by atoms with E-state index in [0.29, 0.717) is 6.61 Å². The van der Waals surface area contributed by atoms with Crippen molar-refractivity contribution < 1.29 is 19.4 Å². The summed E-state index contributed by atoms with van der Waals surface area (Å²) in [5.41, 5.74) is 0.138. The summed E-state index contributed by atoms with van der Waals surface area (Å²) in [6.07, 6.45) is 21.8. The van der Waals surface area contributed by atoms with Crippen LogP contribution in [0.1, 0.15) is 117 Å². The molecular weight excluding hydrogens is 340 g/mol. The fourth-order valence-electron chi connectivity index (χ4n) is 3.17. The lowest BCUT2D eigenvalue weighted by molar-refractivity contribution is -0.140. The van der Waals surface area contributed by atoms with Crippen molar-refractivity contribution in [2.45, 2.75) is 117 Å². The third-order valence-corrected chi connectivity index (χ3v) is 4.89. The van der Waals surface area contributed by atoms with E-state index in [2.05, 4.69) is 6.92 Å². The van der Waals surface area contributed by atoms with Gasteiger partial charge in [0.2, 0.25) is 0 Å². The highest BCUT2D eigenvalue weighted by atomic mass is 16.5. The molecule has 0 aliphatic rings. The Balaban J connectivity index is 3.23. The molecule has 0 aromatic rings. The van der Waals surface area contributed by atoms with Crippen LogP contribution >= 0.6 is 0 Å². The maximum absolute atomic E-state index is 11.5. The molecule has 0 saturated heterocycles. The van der Waals surface area contributed by atoms with Gasteiger partial charge >= 0.3 is 11.9 Å². The normalized spacial score (nSPS) is 11.6. The van der Waals surface area contributed by atoms with Crippen LogP contribution in [0.25, 0.3) is 0 Å². The average Bonchev–Trinajstić information content (AvgIpc) is 2.63. The highest BCUT2D eigenvalue weighted by Gasteiger charge is 2.06. The molecule has 27 heavy (non-hydrogen) atoms. The SMILES string of the molecule is CCCCCCCCCCCCCCCCCCOC(=O)/C(C)=C\C(=O)O. The van der Waals surface area contributed by atoms with E-state index in [-0.39, 0.29) is 5.57 Å². The zero-order valence-corrected chi connectivity index (χ0v) is 17.8. The number of ether oxygens (including phenoxy) is 1. The summed E-state index contributed by atoms with van der Waals surface area (Å²) in [6, 6.07) is 0. The van der Waals surface area contributed by atoms with Gasteiger partial charge in [0, 0.05) is 11.6 Å². The summed E-state index contributed by atoms with van der Waals surface area (Å²) < 4.78 is 5.05. The summed E-state index contributed by atoms with van der Waals surface area (Å²) in [5, 5.41) is 8.57. The third kappa shape index (κ3) is 19.3. The molecular formula is C23H42O4. The topological polar surface area (TPSA) is 63.6 Å². The van der Waals surface area contributed by atoms with E-state index in [9.17, 15) is 9.59 Å². The average molecular weight is 383 g/mol. The van der Waals surface area contributed by atoms with Gasteiger partial charge in [0.1, 0.15) is 0 Å². The third-order valence-electron chi connectivity index (χ3n) is 4.89. The maximum Gasteiger partial charge on any atom is 0.333 e. The van der Waals surface area contributed by atoms with E-state index in [4.69, 9.17) is 9.84 Å². The first-order valence-corrected chi connectivity index (χ1v) is 11.2. The summed E-state index contributed by atoms with van der Waals surface area (Å²) in [5.74, 6) is -1.65. The minimum atomic E-state index is -1.12. The molecule has 1 N–H and O–H groups in total. The van der Waals surface area contributed by atoms with Crippen molar-refractivity contribution in [1.29, 1.82) is 0 Å². The summed E-state index contributed by atoms with van der Waals surface area (Å²) in [6.45, 7) is 4.11. The Morgan fingerprint density at radius 2 is 1.07 bits per heavy atom. The molecule has 0 saturated carbocycles. The number of hydrogen-bond acceptors (Lipinski definition) is 3. The molecule has 0 unspecified atom stereocenters. The van der Waals surface area contributed by atoms with Crippen LogP contribution in [0.15, 0.2) is 11.6 Å². The summed E-state index contributed by atoms with van der Waals surface area (Å²) in [4.78, 5) is 21.9. The van der Waals surface area contributed by atoms with Gasteiger partial charge in [-0.05, 0) is 13.3 Å². The number of unbranched alkanes of at least 4 members (excludes halogenated alkanes) is 15. The van der Waals surface area contributed by atoms with Gasteiger partial charge in [-0.1, -0.05) is 103 Å². The van der Waals surface area contributed by atoms with E-state index in [1.807, 2.05) is 0 Å². The Kier molecular flexibility index (Phi) is 18.5. The molecule has 0 aromatic carbocycles. The van der Waals surface area contributed by atoms with E-state index in [1.54, 1.807) is 0 Å². The van der Waals surface area contributed by atoms with E-state index >= 15 is 0 Å². The van der Waals surface area contributed by atoms with Crippen molar-refractivity contribution in [3.8, 4) is 0 Å². The van der Waals surface area contributed by atoms with Crippen molar-refractivity contribution in [1.82, 2.24) is 0 Å². The number of aliphatic carboxylic acids is 1. The Labute approximate surface area is 166 Å². The molecule has 0 radical (unpaired) electrons. The van der Waals surface area contributed by atoms with Crippen LogP contribution in [0.2, 0.25) is 0 Å². The van der Waals surface area contributed by atoms with Crippen LogP contribution < -0.4 is 0 Å². The van der Waals surface area contributed by atoms with Gasteiger partial charge in [-0.25, -0.2) is 9.59 Å². The molecule has 0 aromatic heterocycles. The first-order valence-electron chi connectivity index (χ1n) is 11.2. The molecule has 0 heterocycles. The standard InChI is InChI=1S/C23H42O4/c1-3-4-5-6-7-8-9-10-11-12-13-14-15-16-17-18-19-27-23(26)21(2)20-22(24)25/h20H,3-19H2,1-2H3,(H,24,25)/b21-20-. The largest absolute Gasteiger partial charge is 0.478 e. The van der Waals surface area contributed by atoms with Gasteiger partial charge < -0.3 is 9.84 Å². The zero-order valence-electron chi connectivity index (χ0n) is 17.8. The number of hydrogen-bond donors (Lipinski definition) is 1. The Morgan fingerprint density at radius 1 is 0.704 bits per heavy atom. The van der Waals surface area contributed by atoms with Crippen molar-refractivity contribution in [2.75, 3.05) is 6.61 Å². The molecule has 0 amide bonds. The van der Waals surface area contributed by atoms with E-state index in [0.717, 1.165) is 18.9 Å². The number of esters is 1.